The maximum Gasteiger partial charge on any atom is 0.259 e. The predicted molar refractivity (Wildman–Crippen MR) is 67.7 cm³/mol. The number of halogens is 2. The zero-order chi connectivity index (χ0) is 14.0. The number of rotatable bonds is 2. The van der Waals surface area contributed by atoms with Gasteiger partial charge in [-0.1, -0.05) is 6.07 Å². The molecule has 0 aliphatic carbocycles. The quantitative estimate of drug-likeness (QED) is 0.874. The van der Waals surface area contributed by atoms with Gasteiger partial charge in [0.15, 0.2) is 11.6 Å². The van der Waals surface area contributed by atoms with Gasteiger partial charge in [-0.05, 0) is 30.7 Å². The van der Waals surface area contributed by atoms with Crippen molar-refractivity contribution in [1.29, 1.82) is 0 Å². The third-order valence-corrected chi connectivity index (χ3v) is 2.53. The van der Waals surface area contributed by atoms with Crippen LogP contribution >= 0.6 is 0 Å². The number of pyridine rings is 1. The Morgan fingerprint density at radius 2 is 2.11 bits per heavy atom. The van der Waals surface area contributed by atoms with Crippen molar-refractivity contribution in [2.75, 3.05) is 11.1 Å². The average Bonchev–Trinajstić information content (AvgIpc) is 2.36. The van der Waals surface area contributed by atoms with Crippen molar-refractivity contribution in [1.82, 2.24) is 4.98 Å². The van der Waals surface area contributed by atoms with Crippen molar-refractivity contribution in [3.63, 3.8) is 0 Å². The molecule has 0 atom stereocenters. The van der Waals surface area contributed by atoms with Gasteiger partial charge in [0.1, 0.15) is 5.82 Å². The van der Waals surface area contributed by atoms with Crippen LogP contribution in [0.25, 0.3) is 0 Å². The zero-order valence-corrected chi connectivity index (χ0v) is 10.1. The van der Waals surface area contributed by atoms with Gasteiger partial charge in [-0.2, -0.15) is 0 Å². The topological polar surface area (TPSA) is 68.0 Å². The van der Waals surface area contributed by atoms with E-state index in [-0.39, 0.29) is 11.4 Å². The zero-order valence-electron chi connectivity index (χ0n) is 10.1. The molecule has 19 heavy (non-hydrogen) atoms. The molecule has 2 rings (SSSR count). The molecule has 1 amide bonds. The van der Waals surface area contributed by atoms with Gasteiger partial charge in [-0.25, -0.2) is 13.8 Å². The number of hydrogen-bond acceptors (Lipinski definition) is 3. The van der Waals surface area contributed by atoms with E-state index in [1.54, 1.807) is 13.0 Å². The van der Waals surface area contributed by atoms with E-state index in [4.69, 9.17) is 5.73 Å². The molecule has 0 bridgehead atoms. The first kappa shape index (κ1) is 12.9. The second-order valence-corrected chi connectivity index (χ2v) is 3.99. The molecule has 0 radical (unpaired) electrons. The number of benzene rings is 1. The first-order valence-corrected chi connectivity index (χ1v) is 5.46. The standard InChI is InChI=1S/C13H11F2N3O/c1-7-5-8(16)6-17-12(7)18-13(19)9-3-2-4-10(14)11(9)15/h2-6H,16H2,1H3,(H,17,18,19). The first-order valence-electron chi connectivity index (χ1n) is 5.46. The molecule has 1 heterocycles. The number of hydrogen-bond donors (Lipinski definition) is 2. The molecule has 1 aromatic heterocycles. The van der Waals surface area contributed by atoms with E-state index >= 15 is 0 Å². The number of aryl methyl sites for hydroxylation is 1. The van der Waals surface area contributed by atoms with E-state index in [9.17, 15) is 13.6 Å². The Morgan fingerprint density at radius 3 is 2.79 bits per heavy atom. The number of amides is 1. The molecule has 0 aliphatic heterocycles. The van der Waals surface area contributed by atoms with Crippen LogP contribution in [0.2, 0.25) is 0 Å². The van der Waals surface area contributed by atoms with E-state index in [1.807, 2.05) is 0 Å². The molecule has 1 aromatic carbocycles. The number of carbonyl (C=O) groups is 1. The summed E-state index contributed by atoms with van der Waals surface area (Å²) in [7, 11) is 0. The molecule has 0 unspecified atom stereocenters. The molecule has 0 spiro atoms. The third-order valence-electron chi connectivity index (χ3n) is 2.53. The fourth-order valence-corrected chi connectivity index (χ4v) is 1.58. The molecule has 0 saturated carbocycles. The van der Waals surface area contributed by atoms with Crippen LogP contribution in [-0.2, 0) is 0 Å². The Hall–Kier alpha value is -2.50. The minimum Gasteiger partial charge on any atom is -0.397 e. The molecule has 3 N–H and O–H groups in total. The number of carbonyl (C=O) groups excluding carboxylic acids is 1. The van der Waals surface area contributed by atoms with E-state index in [0.29, 0.717) is 11.3 Å². The molecule has 2 aromatic rings. The Labute approximate surface area is 108 Å². The number of anilines is 2. The Kier molecular flexibility index (Phi) is 3.41. The van der Waals surface area contributed by atoms with E-state index in [0.717, 1.165) is 6.07 Å². The van der Waals surface area contributed by atoms with Crippen LogP contribution in [0.3, 0.4) is 0 Å². The van der Waals surface area contributed by atoms with Crippen LogP contribution in [0.5, 0.6) is 0 Å². The monoisotopic (exact) mass is 263 g/mol. The van der Waals surface area contributed by atoms with Gasteiger partial charge in [0, 0.05) is 0 Å². The minimum atomic E-state index is -1.19. The molecular weight excluding hydrogens is 252 g/mol. The highest BCUT2D eigenvalue weighted by molar-refractivity contribution is 6.04. The van der Waals surface area contributed by atoms with Crippen LogP contribution in [0.1, 0.15) is 15.9 Å². The van der Waals surface area contributed by atoms with Crippen molar-refractivity contribution >= 4 is 17.4 Å². The number of aromatic nitrogens is 1. The van der Waals surface area contributed by atoms with Crippen LogP contribution in [0.4, 0.5) is 20.3 Å². The summed E-state index contributed by atoms with van der Waals surface area (Å²) in [6, 6.07) is 5.01. The summed E-state index contributed by atoms with van der Waals surface area (Å²) in [6.07, 6.45) is 1.37. The highest BCUT2D eigenvalue weighted by atomic mass is 19.2. The van der Waals surface area contributed by atoms with Crippen molar-refractivity contribution in [2.45, 2.75) is 6.92 Å². The number of nitrogen functional groups attached to an aromatic ring is 1. The fourth-order valence-electron chi connectivity index (χ4n) is 1.58. The minimum absolute atomic E-state index is 0.253. The van der Waals surface area contributed by atoms with Crippen LogP contribution in [0.15, 0.2) is 30.5 Å². The van der Waals surface area contributed by atoms with Gasteiger partial charge < -0.3 is 11.1 Å². The normalized spacial score (nSPS) is 10.3. The average molecular weight is 263 g/mol. The first-order chi connectivity index (χ1) is 8.99. The highest BCUT2D eigenvalue weighted by Gasteiger charge is 2.16. The molecule has 0 fully saturated rings. The molecule has 6 heteroatoms. The maximum absolute atomic E-state index is 13.4. The SMILES string of the molecule is Cc1cc(N)cnc1NC(=O)c1cccc(F)c1F. The molecule has 98 valence electrons. The second kappa shape index (κ2) is 5.01. The van der Waals surface area contributed by atoms with Crippen LogP contribution in [-0.4, -0.2) is 10.9 Å². The number of nitrogens with one attached hydrogen (secondary N) is 1. The van der Waals surface area contributed by atoms with Gasteiger partial charge in [-0.3, -0.25) is 4.79 Å². The van der Waals surface area contributed by atoms with Gasteiger partial charge >= 0.3 is 0 Å². The van der Waals surface area contributed by atoms with E-state index < -0.39 is 17.5 Å². The number of nitrogens with two attached hydrogens (primary N) is 1. The summed E-state index contributed by atoms with van der Waals surface area (Å²) in [5.74, 6) is -2.78. The Balaban J connectivity index is 2.28. The summed E-state index contributed by atoms with van der Waals surface area (Å²) in [4.78, 5) is 15.8. The lowest BCUT2D eigenvalue weighted by molar-refractivity contribution is 0.102. The Morgan fingerprint density at radius 1 is 1.37 bits per heavy atom. The maximum atomic E-state index is 13.4. The third kappa shape index (κ3) is 2.67. The second-order valence-electron chi connectivity index (χ2n) is 3.99. The van der Waals surface area contributed by atoms with Crippen LogP contribution < -0.4 is 11.1 Å². The highest BCUT2D eigenvalue weighted by Crippen LogP contribution is 2.17. The summed E-state index contributed by atoms with van der Waals surface area (Å²) in [5, 5.41) is 2.41. The lowest BCUT2D eigenvalue weighted by Gasteiger charge is -2.08. The van der Waals surface area contributed by atoms with Gasteiger partial charge in [0.05, 0.1) is 17.4 Å². The summed E-state index contributed by atoms with van der Waals surface area (Å²) in [6.45, 7) is 1.70. The molecule has 0 saturated heterocycles. The van der Waals surface area contributed by atoms with Crippen molar-refractivity contribution in [2.24, 2.45) is 0 Å². The Bertz CT molecular complexity index is 644. The fraction of sp³-hybridized carbons (Fsp3) is 0.0769. The van der Waals surface area contributed by atoms with Crippen molar-refractivity contribution in [3.05, 3.63) is 53.2 Å². The summed E-state index contributed by atoms with van der Waals surface area (Å²) < 4.78 is 26.5. The lowest BCUT2D eigenvalue weighted by atomic mass is 10.2. The smallest absolute Gasteiger partial charge is 0.259 e. The molecule has 0 aliphatic rings. The van der Waals surface area contributed by atoms with Gasteiger partial charge in [0.2, 0.25) is 0 Å². The van der Waals surface area contributed by atoms with E-state index in [1.165, 1.54) is 18.3 Å². The lowest BCUT2D eigenvalue weighted by Crippen LogP contribution is -2.16. The largest absolute Gasteiger partial charge is 0.397 e. The van der Waals surface area contributed by atoms with Crippen molar-refractivity contribution < 1.29 is 13.6 Å². The van der Waals surface area contributed by atoms with Gasteiger partial charge in [-0.15, -0.1) is 0 Å². The summed E-state index contributed by atoms with van der Waals surface area (Å²) in [5.41, 5.74) is 6.23. The summed E-state index contributed by atoms with van der Waals surface area (Å²) >= 11 is 0. The molecular formula is C13H11F2N3O. The van der Waals surface area contributed by atoms with Crippen molar-refractivity contribution in [3.8, 4) is 0 Å². The van der Waals surface area contributed by atoms with Gasteiger partial charge in [0.25, 0.3) is 5.91 Å². The van der Waals surface area contributed by atoms with E-state index in [2.05, 4.69) is 10.3 Å². The number of nitrogens with zero attached hydrogens (tertiary/aromatic N) is 1. The molecule has 4 nitrogen and oxygen atoms in total. The van der Waals surface area contributed by atoms with Crippen LogP contribution in [0, 0.1) is 18.6 Å². The predicted octanol–water partition coefficient (Wildman–Crippen LogP) is 2.50.